The molecule has 2 rings (SSSR count). The zero-order chi connectivity index (χ0) is 10.7. The van der Waals surface area contributed by atoms with Crippen molar-refractivity contribution in [3.05, 3.63) is 34.7 Å². The Morgan fingerprint density at radius 3 is 2.67 bits per heavy atom. The Hall–Kier alpha value is -1.58. The SMILES string of the molecule is O=C(Cn1ccc(=O)cc1)NCC1CC1. The maximum Gasteiger partial charge on any atom is 0.239 e. The maximum atomic E-state index is 11.4. The van der Waals surface area contributed by atoms with E-state index in [-0.39, 0.29) is 17.9 Å². The molecular formula is C11H14N2O2. The molecule has 0 aromatic carbocycles. The van der Waals surface area contributed by atoms with E-state index in [0.717, 1.165) is 6.54 Å². The van der Waals surface area contributed by atoms with Gasteiger partial charge in [0.1, 0.15) is 6.54 Å². The van der Waals surface area contributed by atoms with Gasteiger partial charge in [0.2, 0.25) is 5.91 Å². The number of nitrogens with one attached hydrogen (secondary N) is 1. The lowest BCUT2D eigenvalue weighted by Crippen LogP contribution is -2.29. The van der Waals surface area contributed by atoms with E-state index < -0.39 is 0 Å². The topological polar surface area (TPSA) is 51.1 Å². The Morgan fingerprint density at radius 2 is 2.07 bits per heavy atom. The minimum atomic E-state index is -0.0374. The first-order chi connectivity index (χ1) is 7.24. The average molecular weight is 206 g/mol. The summed E-state index contributed by atoms with van der Waals surface area (Å²) >= 11 is 0. The summed E-state index contributed by atoms with van der Waals surface area (Å²) in [6.07, 6.45) is 5.72. The van der Waals surface area contributed by atoms with Gasteiger partial charge in [-0.05, 0) is 18.8 Å². The van der Waals surface area contributed by atoms with Crippen LogP contribution in [0.2, 0.25) is 0 Å². The molecule has 15 heavy (non-hydrogen) atoms. The summed E-state index contributed by atoms with van der Waals surface area (Å²) in [5.41, 5.74) is -0.0374. The number of amides is 1. The summed E-state index contributed by atoms with van der Waals surface area (Å²) < 4.78 is 1.70. The van der Waals surface area contributed by atoms with E-state index in [4.69, 9.17) is 0 Å². The van der Waals surface area contributed by atoms with Crippen LogP contribution in [0, 0.1) is 5.92 Å². The fourth-order valence-electron chi connectivity index (χ4n) is 1.35. The lowest BCUT2D eigenvalue weighted by atomic mass is 10.4. The van der Waals surface area contributed by atoms with Crippen LogP contribution in [0.3, 0.4) is 0 Å². The van der Waals surface area contributed by atoms with Crippen LogP contribution in [-0.4, -0.2) is 17.0 Å². The predicted molar refractivity (Wildman–Crippen MR) is 56.4 cm³/mol. The van der Waals surface area contributed by atoms with Gasteiger partial charge in [-0.1, -0.05) is 0 Å². The zero-order valence-corrected chi connectivity index (χ0v) is 8.48. The highest BCUT2D eigenvalue weighted by Crippen LogP contribution is 2.27. The van der Waals surface area contributed by atoms with Gasteiger partial charge in [0, 0.05) is 31.1 Å². The van der Waals surface area contributed by atoms with E-state index in [9.17, 15) is 9.59 Å². The highest BCUT2D eigenvalue weighted by atomic mass is 16.2. The maximum absolute atomic E-state index is 11.4. The Kier molecular flexibility index (Phi) is 2.85. The monoisotopic (exact) mass is 206 g/mol. The largest absolute Gasteiger partial charge is 0.354 e. The lowest BCUT2D eigenvalue weighted by Gasteiger charge is -2.06. The third-order valence-electron chi connectivity index (χ3n) is 2.47. The molecule has 1 aromatic rings. The number of hydrogen-bond donors (Lipinski definition) is 1. The van der Waals surface area contributed by atoms with Gasteiger partial charge in [-0.2, -0.15) is 0 Å². The summed E-state index contributed by atoms with van der Waals surface area (Å²) in [7, 11) is 0. The van der Waals surface area contributed by atoms with Crippen molar-refractivity contribution in [2.24, 2.45) is 5.92 Å². The summed E-state index contributed by atoms with van der Waals surface area (Å²) in [4.78, 5) is 22.2. The molecule has 1 N–H and O–H groups in total. The Labute approximate surface area is 87.9 Å². The normalized spacial score (nSPS) is 14.9. The van der Waals surface area contributed by atoms with Crippen molar-refractivity contribution in [2.45, 2.75) is 19.4 Å². The molecule has 1 heterocycles. The van der Waals surface area contributed by atoms with Crippen molar-refractivity contribution in [1.29, 1.82) is 0 Å². The number of carbonyl (C=O) groups excluding carboxylic acids is 1. The number of hydrogen-bond acceptors (Lipinski definition) is 2. The minimum Gasteiger partial charge on any atom is -0.354 e. The van der Waals surface area contributed by atoms with Gasteiger partial charge in [0.05, 0.1) is 0 Å². The molecule has 0 radical (unpaired) electrons. The van der Waals surface area contributed by atoms with Gasteiger partial charge in [0.25, 0.3) is 0 Å². The first-order valence-electron chi connectivity index (χ1n) is 5.17. The Morgan fingerprint density at radius 1 is 1.40 bits per heavy atom. The van der Waals surface area contributed by atoms with Crippen LogP contribution < -0.4 is 10.7 Å². The van der Waals surface area contributed by atoms with Crippen molar-refractivity contribution >= 4 is 5.91 Å². The number of carbonyl (C=O) groups is 1. The molecule has 80 valence electrons. The standard InChI is InChI=1S/C11H14N2O2/c14-10-3-5-13(6-4-10)8-11(15)12-7-9-1-2-9/h3-6,9H,1-2,7-8H2,(H,12,15). The van der Waals surface area contributed by atoms with E-state index in [1.807, 2.05) is 0 Å². The molecule has 0 aliphatic heterocycles. The second-order valence-electron chi connectivity index (χ2n) is 3.95. The van der Waals surface area contributed by atoms with Gasteiger partial charge in [0.15, 0.2) is 5.43 Å². The van der Waals surface area contributed by atoms with E-state index in [1.54, 1.807) is 17.0 Å². The number of rotatable bonds is 4. The van der Waals surface area contributed by atoms with Crippen molar-refractivity contribution in [3.8, 4) is 0 Å². The Balaban J connectivity index is 1.81. The van der Waals surface area contributed by atoms with Crippen LogP contribution in [0.25, 0.3) is 0 Å². The number of aromatic nitrogens is 1. The number of pyridine rings is 1. The molecule has 0 bridgehead atoms. The fraction of sp³-hybridized carbons (Fsp3) is 0.455. The fourth-order valence-corrected chi connectivity index (χ4v) is 1.35. The van der Waals surface area contributed by atoms with Gasteiger partial charge < -0.3 is 9.88 Å². The summed E-state index contributed by atoms with van der Waals surface area (Å²) in [6, 6.07) is 2.91. The highest BCUT2D eigenvalue weighted by Gasteiger charge is 2.21. The summed E-state index contributed by atoms with van der Waals surface area (Å²) in [6.45, 7) is 1.08. The molecule has 1 aliphatic rings. The van der Waals surface area contributed by atoms with Gasteiger partial charge >= 0.3 is 0 Å². The molecule has 0 atom stereocenters. The Bertz CT molecular complexity index is 387. The lowest BCUT2D eigenvalue weighted by molar-refractivity contribution is -0.121. The summed E-state index contributed by atoms with van der Waals surface area (Å²) in [5, 5.41) is 2.87. The van der Waals surface area contributed by atoms with Crippen molar-refractivity contribution in [2.75, 3.05) is 6.54 Å². The quantitative estimate of drug-likeness (QED) is 0.774. The molecule has 1 fully saturated rings. The minimum absolute atomic E-state index is 0.00514. The zero-order valence-electron chi connectivity index (χ0n) is 8.48. The van der Waals surface area contributed by atoms with Crippen LogP contribution >= 0.6 is 0 Å². The average Bonchev–Trinajstić information content (AvgIpc) is 3.02. The molecule has 1 amide bonds. The molecule has 1 aromatic heterocycles. The summed E-state index contributed by atoms with van der Waals surface area (Å²) in [5.74, 6) is 0.702. The van der Waals surface area contributed by atoms with Gasteiger partial charge in [-0.3, -0.25) is 9.59 Å². The van der Waals surface area contributed by atoms with Crippen LogP contribution in [0.1, 0.15) is 12.8 Å². The molecule has 4 nitrogen and oxygen atoms in total. The molecule has 0 unspecified atom stereocenters. The van der Waals surface area contributed by atoms with E-state index in [2.05, 4.69) is 5.32 Å². The van der Waals surface area contributed by atoms with E-state index in [0.29, 0.717) is 5.92 Å². The molecule has 0 saturated heterocycles. The van der Waals surface area contributed by atoms with Crippen molar-refractivity contribution in [3.63, 3.8) is 0 Å². The second kappa shape index (κ2) is 4.29. The highest BCUT2D eigenvalue weighted by molar-refractivity contribution is 5.75. The van der Waals surface area contributed by atoms with E-state index in [1.165, 1.54) is 25.0 Å². The number of nitrogens with zero attached hydrogens (tertiary/aromatic N) is 1. The first-order valence-corrected chi connectivity index (χ1v) is 5.17. The van der Waals surface area contributed by atoms with Crippen molar-refractivity contribution in [1.82, 2.24) is 9.88 Å². The first kappa shape index (κ1) is 9.96. The molecule has 1 saturated carbocycles. The predicted octanol–water partition coefficient (Wildman–Crippen LogP) is 0.375. The van der Waals surface area contributed by atoms with Crippen molar-refractivity contribution < 1.29 is 4.79 Å². The van der Waals surface area contributed by atoms with E-state index >= 15 is 0 Å². The van der Waals surface area contributed by atoms with Crippen LogP contribution in [0.4, 0.5) is 0 Å². The smallest absolute Gasteiger partial charge is 0.239 e. The van der Waals surface area contributed by atoms with Gasteiger partial charge in [-0.25, -0.2) is 0 Å². The van der Waals surface area contributed by atoms with Crippen LogP contribution in [-0.2, 0) is 11.3 Å². The third-order valence-corrected chi connectivity index (χ3v) is 2.47. The van der Waals surface area contributed by atoms with Crippen LogP contribution in [0.15, 0.2) is 29.3 Å². The third kappa shape index (κ3) is 3.23. The molecule has 0 spiro atoms. The molecule has 1 aliphatic carbocycles. The molecule has 4 heteroatoms. The van der Waals surface area contributed by atoms with Gasteiger partial charge in [-0.15, -0.1) is 0 Å². The second-order valence-corrected chi connectivity index (χ2v) is 3.95. The van der Waals surface area contributed by atoms with Crippen LogP contribution in [0.5, 0.6) is 0 Å². The molecular weight excluding hydrogens is 192 g/mol.